The average Bonchev–Trinajstić information content (AvgIpc) is 2.66. The number of aliphatic hydroxyl groups excluding tert-OH is 1. The van der Waals surface area contributed by atoms with Gasteiger partial charge < -0.3 is 15.3 Å². The summed E-state index contributed by atoms with van der Waals surface area (Å²) in [6.07, 6.45) is 1.32. The zero-order chi connectivity index (χ0) is 19.4. The molecular formula is C17H21ClN6O3. The summed E-state index contributed by atoms with van der Waals surface area (Å²) in [6, 6.07) is 5.32. The molecule has 2 N–H and O–H groups in total. The Labute approximate surface area is 161 Å². The highest BCUT2D eigenvalue weighted by Gasteiger charge is 2.29. The van der Waals surface area contributed by atoms with Crippen molar-refractivity contribution in [1.29, 1.82) is 0 Å². The van der Waals surface area contributed by atoms with Crippen molar-refractivity contribution >= 4 is 34.6 Å². The predicted molar refractivity (Wildman–Crippen MR) is 104 cm³/mol. The number of hydrogen-bond acceptors (Lipinski definition) is 8. The number of anilines is 3. The van der Waals surface area contributed by atoms with Crippen LogP contribution in [0.5, 0.6) is 0 Å². The molecule has 0 atom stereocenters. The Morgan fingerprint density at radius 2 is 2.04 bits per heavy atom. The first-order chi connectivity index (χ1) is 13.0. The lowest BCUT2D eigenvalue weighted by Crippen LogP contribution is -2.47. The standard InChI is InChI=1S/C17H21ClN6O3/c1-12-13(18)3-2-4-14(12)21-16-15(24(26)27)17(20-11-19-16)23-7-5-22(6-8-23)9-10-25/h2-4,11,25H,5-10H2,1H3,(H,19,20,21). The van der Waals surface area contributed by atoms with Crippen LogP contribution in [0.25, 0.3) is 0 Å². The van der Waals surface area contributed by atoms with Gasteiger partial charge in [-0.25, -0.2) is 9.97 Å². The number of benzene rings is 1. The quantitative estimate of drug-likeness (QED) is 0.569. The second-order valence-corrected chi connectivity index (χ2v) is 6.65. The molecule has 1 fully saturated rings. The normalized spacial score (nSPS) is 15.0. The summed E-state index contributed by atoms with van der Waals surface area (Å²) >= 11 is 6.14. The molecule has 3 rings (SSSR count). The Bertz CT molecular complexity index is 826. The third-order valence-corrected chi connectivity index (χ3v) is 5.00. The van der Waals surface area contributed by atoms with E-state index in [1.165, 1.54) is 6.33 Å². The van der Waals surface area contributed by atoms with E-state index >= 15 is 0 Å². The summed E-state index contributed by atoms with van der Waals surface area (Å²) in [5, 5.41) is 24.4. The van der Waals surface area contributed by atoms with Crippen LogP contribution in [0.3, 0.4) is 0 Å². The molecule has 0 amide bonds. The van der Waals surface area contributed by atoms with Crippen molar-refractivity contribution in [1.82, 2.24) is 14.9 Å². The maximum absolute atomic E-state index is 11.8. The second kappa shape index (κ2) is 8.47. The molecule has 0 spiro atoms. The molecule has 1 aliphatic rings. The molecule has 0 bridgehead atoms. The van der Waals surface area contributed by atoms with Crippen LogP contribution in [0.1, 0.15) is 5.56 Å². The van der Waals surface area contributed by atoms with E-state index in [2.05, 4.69) is 20.2 Å². The first-order valence-corrected chi connectivity index (χ1v) is 8.98. The van der Waals surface area contributed by atoms with E-state index in [0.29, 0.717) is 49.3 Å². The Morgan fingerprint density at radius 1 is 1.30 bits per heavy atom. The van der Waals surface area contributed by atoms with Crippen molar-refractivity contribution < 1.29 is 10.0 Å². The molecule has 144 valence electrons. The Morgan fingerprint density at radius 3 is 2.70 bits per heavy atom. The molecule has 1 aromatic carbocycles. The van der Waals surface area contributed by atoms with Gasteiger partial charge in [0, 0.05) is 43.4 Å². The largest absolute Gasteiger partial charge is 0.395 e. The Hall–Kier alpha value is -2.49. The van der Waals surface area contributed by atoms with Crippen LogP contribution in [0, 0.1) is 17.0 Å². The number of nitrogens with zero attached hydrogens (tertiary/aromatic N) is 5. The van der Waals surface area contributed by atoms with Gasteiger partial charge in [0.2, 0.25) is 11.6 Å². The van der Waals surface area contributed by atoms with E-state index in [4.69, 9.17) is 16.7 Å². The highest BCUT2D eigenvalue weighted by atomic mass is 35.5. The fourth-order valence-corrected chi connectivity index (χ4v) is 3.23. The smallest absolute Gasteiger partial charge is 0.353 e. The molecule has 0 unspecified atom stereocenters. The van der Waals surface area contributed by atoms with Crippen molar-refractivity contribution in [2.24, 2.45) is 0 Å². The van der Waals surface area contributed by atoms with Gasteiger partial charge in [0.1, 0.15) is 6.33 Å². The topological polar surface area (TPSA) is 108 Å². The molecule has 1 aliphatic heterocycles. The van der Waals surface area contributed by atoms with Crippen LogP contribution >= 0.6 is 11.6 Å². The van der Waals surface area contributed by atoms with E-state index in [9.17, 15) is 10.1 Å². The lowest BCUT2D eigenvalue weighted by molar-refractivity contribution is -0.383. The van der Waals surface area contributed by atoms with Crippen molar-refractivity contribution in [2.45, 2.75) is 6.92 Å². The zero-order valence-electron chi connectivity index (χ0n) is 14.9. The lowest BCUT2D eigenvalue weighted by Gasteiger charge is -2.34. The molecule has 0 aliphatic carbocycles. The molecule has 1 saturated heterocycles. The summed E-state index contributed by atoms with van der Waals surface area (Å²) in [5.41, 5.74) is 1.28. The minimum absolute atomic E-state index is 0.0979. The number of β-amino-alcohol motifs (C(OH)–C–C–N with tert-alkyl or cyclic N) is 1. The van der Waals surface area contributed by atoms with Crippen LogP contribution in [-0.4, -0.2) is 64.2 Å². The van der Waals surface area contributed by atoms with Crippen LogP contribution in [-0.2, 0) is 0 Å². The average molecular weight is 393 g/mol. The number of piperazine rings is 1. The molecule has 2 aromatic rings. The number of aromatic nitrogens is 2. The summed E-state index contributed by atoms with van der Waals surface area (Å²) in [7, 11) is 0. The van der Waals surface area contributed by atoms with Gasteiger partial charge in [-0.15, -0.1) is 0 Å². The van der Waals surface area contributed by atoms with E-state index in [0.717, 1.165) is 5.56 Å². The maximum atomic E-state index is 11.8. The SMILES string of the molecule is Cc1c(Cl)cccc1Nc1ncnc(N2CCN(CCO)CC2)c1[N+](=O)[O-]. The number of rotatable bonds is 6. The fraction of sp³-hybridized carbons (Fsp3) is 0.412. The molecule has 2 heterocycles. The van der Waals surface area contributed by atoms with E-state index < -0.39 is 4.92 Å². The molecule has 0 saturated carbocycles. The Kier molecular flexibility index (Phi) is 6.04. The van der Waals surface area contributed by atoms with Gasteiger partial charge in [-0.2, -0.15) is 0 Å². The highest BCUT2D eigenvalue weighted by Crippen LogP contribution is 2.35. The highest BCUT2D eigenvalue weighted by molar-refractivity contribution is 6.31. The minimum Gasteiger partial charge on any atom is -0.395 e. The van der Waals surface area contributed by atoms with E-state index in [-0.39, 0.29) is 18.1 Å². The molecule has 1 aromatic heterocycles. The van der Waals surface area contributed by atoms with Crippen LogP contribution < -0.4 is 10.2 Å². The summed E-state index contributed by atoms with van der Waals surface area (Å²) in [6.45, 7) is 5.12. The number of aliphatic hydroxyl groups is 1. The monoisotopic (exact) mass is 392 g/mol. The summed E-state index contributed by atoms with van der Waals surface area (Å²) in [5.74, 6) is 0.425. The van der Waals surface area contributed by atoms with Crippen LogP contribution in [0.15, 0.2) is 24.5 Å². The lowest BCUT2D eigenvalue weighted by atomic mass is 10.2. The number of hydrogen-bond donors (Lipinski definition) is 2. The van der Waals surface area contributed by atoms with Crippen LogP contribution in [0.2, 0.25) is 5.02 Å². The second-order valence-electron chi connectivity index (χ2n) is 6.24. The van der Waals surface area contributed by atoms with E-state index in [1.807, 2.05) is 11.8 Å². The van der Waals surface area contributed by atoms with E-state index in [1.54, 1.807) is 18.2 Å². The molecule has 0 radical (unpaired) electrons. The number of nitrogens with one attached hydrogen (secondary N) is 1. The zero-order valence-corrected chi connectivity index (χ0v) is 15.7. The van der Waals surface area contributed by atoms with Gasteiger partial charge >= 0.3 is 5.69 Å². The van der Waals surface area contributed by atoms with Crippen molar-refractivity contribution in [3.8, 4) is 0 Å². The van der Waals surface area contributed by atoms with Gasteiger partial charge in [-0.05, 0) is 24.6 Å². The van der Waals surface area contributed by atoms with Crippen molar-refractivity contribution in [3.63, 3.8) is 0 Å². The summed E-state index contributed by atoms with van der Waals surface area (Å²) in [4.78, 5) is 23.6. The first-order valence-electron chi connectivity index (χ1n) is 8.61. The van der Waals surface area contributed by atoms with Crippen molar-refractivity contribution in [2.75, 3.05) is 49.5 Å². The third-order valence-electron chi connectivity index (χ3n) is 4.59. The molecule has 27 heavy (non-hydrogen) atoms. The third kappa shape index (κ3) is 4.26. The predicted octanol–water partition coefficient (Wildman–Crippen LogP) is 2.20. The molecular weight excluding hydrogens is 372 g/mol. The Balaban J connectivity index is 1.89. The van der Waals surface area contributed by atoms with Gasteiger partial charge in [-0.3, -0.25) is 15.0 Å². The molecule has 10 heteroatoms. The number of nitro groups is 1. The van der Waals surface area contributed by atoms with Gasteiger partial charge in [0.05, 0.1) is 11.5 Å². The molecule has 9 nitrogen and oxygen atoms in total. The van der Waals surface area contributed by atoms with Gasteiger partial charge in [-0.1, -0.05) is 17.7 Å². The van der Waals surface area contributed by atoms with Gasteiger partial charge in [0.25, 0.3) is 0 Å². The van der Waals surface area contributed by atoms with Crippen molar-refractivity contribution in [3.05, 3.63) is 45.2 Å². The summed E-state index contributed by atoms with van der Waals surface area (Å²) < 4.78 is 0. The number of halogens is 1. The van der Waals surface area contributed by atoms with Crippen LogP contribution in [0.4, 0.5) is 23.0 Å². The van der Waals surface area contributed by atoms with Gasteiger partial charge in [0.15, 0.2) is 0 Å². The minimum atomic E-state index is -0.461. The first kappa shape index (κ1) is 19.3. The fourth-order valence-electron chi connectivity index (χ4n) is 3.06. The maximum Gasteiger partial charge on any atom is 0.353 e.